The molecule has 2 rings (SSSR count). The molecule has 0 saturated heterocycles. The fourth-order valence-corrected chi connectivity index (χ4v) is 2.77. The van der Waals surface area contributed by atoms with Crippen LogP contribution in [0.4, 0.5) is 5.69 Å². The topological polar surface area (TPSA) is 69.6 Å². The number of phenolic OH excluding ortho intramolecular Hbond substituents is 2. The number of anilines is 1. The Balaban J connectivity index is 1.82. The van der Waals surface area contributed by atoms with Crippen LogP contribution in [0.1, 0.15) is 61.4 Å². The highest BCUT2D eigenvalue weighted by molar-refractivity contribution is 6.06. The monoisotopic (exact) mass is 341 g/mol. The maximum atomic E-state index is 12.2. The van der Waals surface area contributed by atoms with E-state index in [1.54, 1.807) is 0 Å². The number of aryl methyl sites for hydroxylation is 1. The van der Waals surface area contributed by atoms with Gasteiger partial charge in [0.05, 0.1) is 5.56 Å². The zero-order valence-electron chi connectivity index (χ0n) is 14.8. The minimum Gasteiger partial charge on any atom is -0.508 e. The number of nitrogens with one attached hydrogen (secondary N) is 1. The van der Waals surface area contributed by atoms with Gasteiger partial charge >= 0.3 is 0 Å². The van der Waals surface area contributed by atoms with E-state index in [0.717, 1.165) is 12.5 Å². The normalized spacial score (nSPS) is 10.6. The van der Waals surface area contributed by atoms with E-state index in [0.29, 0.717) is 5.69 Å². The summed E-state index contributed by atoms with van der Waals surface area (Å²) in [7, 11) is 0. The van der Waals surface area contributed by atoms with Gasteiger partial charge in [-0.15, -0.1) is 0 Å². The van der Waals surface area contributed by atoms with Crippen LogP contribution in [0.5, 0.6) is 11.5 Å². The third-order valence-electron chi connectivity index (χ3n) is 4.26. The average molecular weight is 341 g/mol. The molecule has 1 amide bonds. The van der Waals surface area contributed by atoms with Crippen molar-refractivity contribution < 1.29 is 15.0 Å². The second kappa shape index (κ2) is 9.72. The van der Waals surface area contributed by atoms with E-state index in [4.69, 9.17) is 0 Å². The maximum Gasteiger partial charge on any atom is 0.259 e. The molecule has 0 bridgehead atoms. The van der Waals surface area contributed by atoms with Crippen molar-refractivity contribution in [2.45, 2.75) is 51.9 Å². The Bertz CT molecular complexity index is 680. The van der Waals surface area contributed by atoms with Crippen molar-refractivity contribution in [1.29, 1.82) is 0 Å². The summed E-state index contributed by atoms with van der Waals surface area (Å²) in [6.45, 7) is 2.23. The Morgan fingerprint density at radius 1 is 0.920 bits per heavy atom. The third kappa shape index (κ3) is 6.14. The van der Waals surface area contributed by atoms with E-state index in [2.05, 4.69) is 12.2 Å². The lowest BCUT2D eigenvalue weighted by atomic mass is 10.0. The van der Waals surface area contributed by atoms with E-state index in [9.17, 15) is 15.0 Å². The maximum absolute atomic E-state index is 12.2. The Morgan fingerprint density at radius 2 is 1.60 bits per heavy atom. The largest absolute Gasteiger partial charge is 0.508 e. The molecule has 0 aliphatic heterocycles. The van der Waals surface area contributed by atoms with Gasteiger partial charge in [-0.05, 0) is 42.7 Å². The molecule has 0 fully saturated rings. The number of hydrogen-bond donors (Lipinski definition) is 3. The van der Waals surface area contributed by atoms with Gasteiger partial charge in [-0.3, -0.25) is 4.79 Å². The molecule has 0 unspecified atom stereocenters. The molecule has 25 heavy (non-hydrogen) atoms. The molecule has 0 aromatic heterocycles. The highest BCUT2D eigenvalue weighted by atomic mass is 16.3. The predicted octanol–water partition coefficient (Wildman–Crippen LogP) is 5.25. The lowest BCUT2D eigenvalue weighted by molar-refractivity contribution is 0.102. The van der Waals surface area contributed by atoms with Crippen LogP contribution in [0.25, 0.3) is 0 Å². The molecule has 0 radical (unpaired) electrons. The fraction of sp³-hybridized carbons (Fsp3) is 0.381. The number of amides is 1. The summed E-state index contributed by atoms with van der Waals surface area (Å²) >= 11 is 0. The van der Waals surface area contributed by atoms with Crippen LogP contribution in [-0.4, -0.2) is 16.1 Å². The summed E-state index contributed by atoms with van der Waals surface area (Å²) in [6.07, 6.45) is 8.73. The first-order valence-corrected chi connectivity index (χ1v) is 9.02. The van der Waals surface area contributed by atoms with Gasteiger partial charge in [-0.1, -0.05) is 51.2 Å². The summed E-state index contributed by atoms with van der Waals surface area (Å²) < 4.78 is 0. The highest BCUT2D eigenvalue weighted by Gasteiger charge is 2.11. The van der Waals surface area contributed by atoms with Crippen molar-refractivity contribution in [3.8, 4) is 11.5 Å². The SMILES string of the molecule is CCCCCCCCc1ccc(NC(=O)c2ccc(O)cc2O)cc1. The van der Waals surface area contributed by atoms with Crippen LogP contribution in [0.15, 0.2) is 42.5 Å². The molecule has 0 atom stereocenters. The van der Waals surface area contributed by atoms with Crippen molar-refractivity contribution in [1.82, 2.24) is 0 Å². The zero-order chi connectivity index (χ0) is 18.1. The van der Waals surface area contributed by atoms with Crippen molar-refractivity contribution in [3.05, 3.63) is 53.6 Å². The second-order valence-electron chi connectivity index (χ2n) is 6.37. The number of phenols is 2. The summed E-state index contributed by atoms with van der Waals surface area (Å²) in [5.41, 5.74) is 2.08. The Morgan fingerprint density at radius 3 is 2.28 bits per heavy atom. The van der Waals surface area contributed by atoms with E-state index >= 15 is 0 Å². The molecule has 2 aromatic rings. The van der Waals surface area contributed by atoms with Gasteiger partial charge in [-0.2, -0.15) is 0 Å². The van der Waals surface area contributed by atoms with Gasteiger partial charge in [0.15, 0.2) is 0 Å². The van der Waals surface area contributed by atoms with Crippen LogP contribution < -0.4 is 5.32 Å². The Labute approximate surface area is 149 Å². The lowest BCUT2D eigenvalue weighted by Gasteiger charge is -2.08. The van der Waals surface area contributed by atoms with Crippen LogP contribution >= 0.6 is 0 Å². The highest BCUT2D eigenvalue weighted by Crippen LogP contribution is 2.23. The van der Waals surface area contributed by atoms with Crippen molar-refractivity contribution in [3.63, 3.8) is 0 Å². The summed E-state index contributed by atoms with van der Waals surface area (Å²) in [6, 6.07) is 11.7. The Hall–Kier alpha value is -2.49. The number of aromatic hydroxyl groups is 2. The van der Waals surface area contributed by atoms with E-state index in [1.807, 2.05) is 24.3 Å². The number of rotatable bonds is 9. The quantitative estimate of drug-likeness (QED) is 0.545. The first-order chi connectivity index (χ1) is 12.1. The van der Waals surface area contributed by atoms with Crippen molar-refractivity contribution >= 4 is 11.6 Å². The van der Waals surface area contributed by atoms with Gasteiger partial charge in [0.25, 0.3) is 5.91 Å². The van der Waals surface area contributed by atoms with Gasteiger partial charge < -0.3 is 15.5 Å². The Kier molecular flexibility index (Phi) is 7.33. The second-order valence-corrected chi connectivity index (χ2v) is 6.37. The van der Waals surface area contributed by atoms with Crippen molar-refractivity contribution in [2.24, 2.45) is 0 Å². The smallest absolute Gasteiger partial charge is 0.259 e. The van der Waals surface area contributed by atoms with Gasteiger partial charge in [0.1, 0.15) is 11.5 Å². The number of hydrogen-bond acceptors (Lipinski definition) is 3. The average Bonchev–Trinajstić information content (AvgIpc) is 2.59. The van der Waals surface area contributed by atoms with Gasteiger partial charge in [0.2, 0.25) is 0 Å². The van der Waals surface area contributed by atoms with Crippen LogP contribution in [0, 0.1) is 0 Å². The van der Waals surface area contributed by atoms with Crippen LogP contribution in [0.3, 0.4) is 0 Å². The molecule has 0 saturated carbocycles. The minimum atomic E-state index is -0.402. The van der Waals surface area contributed by atoms with Gasteiger partial charge in [0, 0.05) is 11.8 Å². The van der Waals surface area contributed by atoms with Crippen LogP contribution in [-0.2, 0) is 6.42 Å². The van der Waals surface area contributed by atoms with E-state index in [-0.39, 0.29) is 17.1 Å². The van der Waals surface area contributed by atoms with E-state index in [1.165, 1.54) is 56.2 Å². The fourth-order valence-electron chi connectivity index (χ4n) is 2.77. The number of carbonyl (C=O) groups is 1. The van der Waals surface area contributed by atoms with Crippen molar-refractivity contribution in [2.75, 3.05) is 5.32 Å². The number of benzene rings is 2. The first kappa shape index (κ1) is 18.8. The molecule has 0 spiro atoms. The number of carbonyl (C=O) groups excluding carboxylic acids is 1. The molecule has 4 heteroatoms. The molecule has 3 N–H and O–H groups in total. The summed E-state index contributed by atoms with van der Waals surface area (Å²) in [4.78, 5) is 12.2. The molecule has 4 nitrogen and oxygen atoms in total. The number of unbranched alkanes of at least 4 members (excludes halogenated alkanes) is 5. The zero-order valence-corrected chi connectivity index (χ0v) is 14.8. The summed E-state index contributed by atoms with van der Waals surface area (Å²) in [5, 5.41) is 21.8. The molecule has 0 heterocycles. The molecule has 134 valence electrons. The predicted molar refractivity (Wildman–Crippen MR) is 101 cm³/mol. The molecule has 2 aromatic carbocycles. The molecule has 0 aliphatic rings. The summed E-state index contributed by atoms with van der Waals surface area (Å²) in [5.74, 6) is -0.716. The van der Waals surface area contributed by atoms with Crippen LogP contribution in [0.2, 0.25) is 0 Å². The van der Waals surface area contributed by atoms with E-state index < -0.39 is 5.91 Å². The minimum absolute atomic E-state index is 0.0758. The third-order valence-corrected chi connectivity index (χ3v) is 4.26. The van der Waals surface area contributed by atoms with Gasteiger partial charge in [-0.25, -0.2) is 0 Å². The molecule has 0 aliphatic carbocycles. The molecular weight excluding hydrogens is 314 g/mol. The lowest BCUT2D eigenvalue weighted by Crippen LogP contribution is -2.11. The standard InChI is InChI=1S/C21H27NO3/c1-2-3-4-5-6-7-8-16-9-11-17(12-10-16)22-21(25)19-14-13-18(23)15-20(19)24/h9-15,23-24H,2-8H2,1H3,(H,22,25). The molecular formula is C21H27NO3. The first-order valence-electron chi connectivity index (χ1n) is 9.02.